The van der Waals surface area contributed by atoms with Crippen molar-refractivity contribution in [1.82, 2.24) is 10.1 Å². The Hall–Kier alpha value is -1.88. The first kappa shape index (κ1) is 11.9. The van der Waals surface area contributed by atoms with Crippen molar-refractivity contribution in [2.75, 3.05) is 0 Å². The molecule has 1 fully saturated rings. The van der Waals surface area contributed by atoms with Gasteiger partial charge >= 0.3 is 0 Å². The number of hydrogen-bond donors (Lipinski definition) is 1. The molecule has 0 unspecified atom stereocenters. The molecule has 0 bridgehead atoms. The van der Waals surface area contributed by atoms with E-state index in [1.54, 1.807) is 0 Å². The Kier molecular flexibility index (Phi) is 2.73. The van der Waals surface area contributed by atoms with Crippen LogP contribution in [0.15, 0.2) is 22.7 Å². The zero-order chi connectivity index (χ0) is 13.5. The van der Waals surface area contributed by atoms with Crippen molar-refractivity contribution in [1.29, 1.82) is 0 Å². The first-order chi connectivity index (χ1) is 9.79. The third-order valence-electron chi connectivity index (χ3n) is 4.02. The lowest BCUT2D eigenvalue weighted by molar-refractivity contribution is 0.285. The number of fused-ring (bicyclic) bond motifs is 1. The van der Waals surface area contributed by atoms with Gasteiger partial charge in [0.1, 0.15) is 5.75 Å². The minimum absolute atomic E-state index is 0.178. The van der Waals surface area contributed by atoms with Gasteiger partial charge in [-0.15, -0.1) is 0 Å². The van der Waals surface area contributed by atoms with Gasteiger partial charge < -0.3 is 15.0 Å². The van der Waals surface area contributed by atoms with Crippen LogP contribution in [0.25, 0.3) is 0 Å². The molecule has 1 heterocycles. The number of rotatable bonds is 4. The first-order valence-electron chi connectivity index (χ1n) is 7.13. The summed E-state index contributed by atoms with van der Waals surface area (Å²) in [5.41, 5.74) is 8.56. The molecule has 0 saturated heterocycles. The van der Waals surface area contributed by atoms with Gasteiger partial charge in [0, 0.05) is 12.0 Å². The van der Waals surface area contributed by atoms with E-state index < -0.39 is 0 Å². The summed E-state index contributed by atoms with van der Waals surface area (Å²) < 4.78 is 10.9. The summed E-state index contributed by atoms with van der Waals surface area (Å²) in [7, 11) is 0. The number of hydrogen-bond acceptors (Lipinski definition) is 5. The highest BCUT2D eigenvalue weighted by molar-refractivity contribution is 5.40. The maximum Gasteiger partial charge on any atom is 0.229 e. The van der Waals surface area contributed by atoms with Gasteiger partial charge in [-0.2, -0.15) is 4.98 Å². The fourth-order valence-electron chi connectivity index (χ4n) is 2.69. The highest BCUT2D eigenvalue weighted by Gasteiger charge is 2.29. The van der Waals surface area contributed by atoms with Gasteiger partial charge in [0.15, 0.2) is 6.61 Å². The zero-order valence-corrected chi connectivity index (χ0v) is 11.2. The molecule has 4 rings (SSSR count). The second-order valence-electron chi connectivity index (χ2n) is 5.62. The summed E-state index contributed by atoms with van der Waals surface area (Å²) in [6.45, 7) is 0.348. The van der Waals surface area contributed by atoms with Gasteiger partial charge in [-0.25, -0.2) is 0 Å². The summed E-state index contributed by atoms with van der Waals surface area (Å²) in [6.07, 6.45) is 4.37. The molecule has 5 nitrogen and oxygen atoms in total. The van der Waals surface area contributed by atoms with E-state index in [1.807, 2.05) is 6.07 Å². The molecule has 1 aromatic heterocycles. The Labute approximate surface area is 117 Å². The highest BCUT2D eigenvalue weighted by atomic mass is 16.5. The third-order valence-corrected chi connectivity index (χ3v) is 4.02. The SMILES string of the molecule is N[C@@H]1CCc2cc(OCc3noc(C4CC4)n3)ccc21. The van der Waals surface area contributed by atoms with Gasteiger partial charge in [-0.05, 0) is 48.9 Å². The molecule has 20 heavy (non-hydrogen) atoms. The molecule has 0 spiro atoms. The van der Waals surface area contributed by atoms with Crippen LogP contribution in [0.3, 0.4) is 0 Å². The molecule has 2 aliphatic rings. The average Bonchev–Trinajstić information content (AvgIpc) is 3.10. The number of nitrogens with zero attached hydrogens (tertiary/aromatic N) is 2. The average molecular weight is 271 g/mol. The van der Waals surface area contributed by atoms with Crippen molar-refractivity contribution in [3.05, 3.63) is 41.0 Å². The monoisotopic (exact) mass is 271 g/mol. The smallest absolute Gasteiger partial charge is 0.229 e. The van der Waals surface area contributed by atoms with E-state index in [-0.39, 0.29) is 6.04 Å². The molecule has 104 valence electrons. The molecule has 2 aliphatic carbocycles. The Morgan fingerprint density at radius 3 is 3.05 bits per heavy atom. The summed E-state index contributed by atoms with van der Waals surface area (Å²) in [4.78, 5) is 4.35. The summed E-state index contributed by atoms with van der Waals surface area (Å²) in [5, 5.41) is 3.95. The number of nitrogens with two attached hydrogens (primary N) is 1. The normalized spacial score (nSPS) is 20.9. The van der Waals surface area contributed by atoms with Crippen LogP contribution in [-0.4, -0.2) is 10.1 Å². The molecule has 1 aromatic carbocycles. The fourth-order valence-corrected chi connectivity index (χ4v) is 2.69. The molecule has 0 amide bonds. The van der Waals surface area contributed by atoms with E-state index in [2.05, 4.69) is 22.3 Å². The van der Waals surface area contributed by atoms with E-state index in [0.29, 0.717) is 18.3 Å². The van der Waals surface area contributed by atoms with Crippen LogP contribution in [0.4, 0.5) is 0 Å². The minimum Gasteiger partial charge on any atom is -0.485 e. The van der Waals surface area contributed by atoms with E-state index in [4.69, 9.17) is 15.0 Å². The molecule has 5 heteroatoms. The number of aryl methyl sites for hydroxylation is 1. The lowest BCUT2D eigenvalue weighted by Crippen LogP contribution is -2.05. The van der Waals surface area contributed by atoms with Gasteiger partial charge in [0.05, 0.1) is 0 Å². The Morgan fingerprint density at radius 1 is 1.30 bits per heavy atom. The largest absolute Gasteiger partial charge is 0.485 e. The number of benzene rings is 1. The molecular formula is C15H17N3O2. The molecule has 1 saturated carbocycles. The Balaban J connectivity index is 1.43. The summed E-state index contributed by atoms with van der Waals surface area (Å²) in [5.74, 6) is 2.70. The van der Waals surface area contributed by atoms with Crippen LogP contribution in [0.5, 0.6) is 5.75 Å². The highest BCUT2D eigenvalue weighted by Crippen LogP contribution is 2.38. The van der Waals surface area contributed by atoms with Gasteiger partial charge in [0.25, 0.3) is 0 Å². The van der Waals surface area contributed by atoms with Crippen LogP contribution in [0, 0.1) is 0 Å². The van der Waals surface area contributed by atoms with Gasteiger partial charge in [0.2, 0.25) is 11.7 Å². The lowest BCUT2D eigenvalue weighted by Gasteiger charge is -2.07. The predicted molar refractivity (Wildman–Crippen MR) is 72.3 cm³/mol. The van der Waals surface area contributed by atoms with Crippen LogP contribution in [0.2, 0.25) is 0 Å². The van der Waals surface area contributed by atoms with Crippen molar-refractivity contribution in [3.8, 4) is 5.75 Å². The minimum atomic E-state index is 0.178. The van der Waals surface area contributed by atoms with Crippen LogP contribution in [0.1, 0.15) is 54.1 Å². The van der Waals surface area contributed by atoms with Crippen molar-refractivity contribution >= 4 is 0 Å². The quantitative estimate of drug-likeness (QED) is 0.924. The van der Waals surface area contributed by atoms with Gasteiger partial charge in [-0.1, -0.05) is 11.2 Å². The summed E-state index contributed by atoms with van der Waals surface area (Å²) >= 11 is 0. The van der Waals surface area contributed by atoms with Crippen molar-refractivity contribution < 1.29 is 9.26 Å². The standard InChI is InChI=1S/C15H17N3O2/c16-13-6-3-10-7-11(4-5-12(10)13)19-8-14-17-15(20-18-14)9-1-2-9/h4-5,7,9,13H,1-3,6,8,16H2/t13-/m1/s1. The molecular weight excluding hydrogens is 254 g/mol. The fraction of sp³-hybridized carbons (Fsp3) is 0.467. The molecule has 0 aliphatic heterocycles. The maximum atomic E-state index is 6.03. The zero-order valence-electron chi connectivity index (χ0n) is 11.2. The second kappa shape index (κ2) is 4.59. The maximum absolute atomic E-state index is 6.03. The Morgan fingerprint density at radius 2 is 2.20 bits per heavy atom. The van der Waals surface area contributed by atoms with E-state index in [1.165, 1.54) is 11.1 Å². The number of ether oxygens (including phenoxy) is 1. The van der Waals surface area contributed by atoms with Crippen molar-refractivity contribution in [3.63, 3.8) is 0 Å². The molecule has 2 N–H and O–H groups in total. The third kappa shape index (κ3) is 2.18. The predicted octanol–water partition coefficient (Wildman–Crippen LogP) is 2.47. The molecule has 2 aromatic rings. The van der Waals surface area contributed by atoms with Crippen LogP contribution in [-0.2, 0) is 13.0 Å². The van der Waals surface area contributed by atoms with Crippen LogP contribution < -0.4 is 10.5 Å². The molecule has 1 atom stereocenters. The Bertz CT molecular complexity index is 634. The first-order valence-corrected chi connectivity index (χ1v) is 7.13. The van der Waals surface area contributed by atoms with Crippen LogP contribution >= 0.6 is 0 Å². The van der Waals surface area contributed by atoms with Crippen molar-refractivity contribution in [2.24, 2.45) is 5.73 Å². The second-order valence-corrected chi connectivity index (χ2v) is 5.62. The van der Waals surface area contributed by atoms with Crippen molar-refractivity contribution in [2.45, 2.75) is 44.2 Å². The number of aromatic nitrogens is 2. The molecule has 0 radical (unpaired) electrons. The topological polar surface area (TPSA) is 74.2 Å². The summed E-state index contributed by atoms with van der Waals surface area (Å²) in [6, 6.07) is 6.28. The van der Waals surface area contributed by atoms with Gasteiger partial charge in [-0.3, -0.25) is 0 Å². The van der Waals surface area contributed by atoms with E-state index >= 15 is 0 Å². The van der Waals surface area contributed by atoms with E-state index in [9.17, 15) is 0 Å². The lowest BCUT2D eigenvalue weighted by atomic mass is 10.1. The van der Waals surface area contributed by atoms with E-state index in [0.717, 1.165) is 37.3 Å².